The van der Waals surface area contributed by atoms with Crippen molar-refractivity contribution in [3.8, 4) is 5.75 Å². The summed E-state index contributed by atoms with van der Waals surface area (Å²) in [4.78, 5) is 0.283. The van der Waals surface area contributed by atoms with Gasteiger partial charge in [-0.15, -0.1) is 12.4 Å². The van der Waals surface area contributed by atoms with Crippen LogP contribution in [0.2, 0.25) is 0 Å². The molecule has 1 saturated heterocycles. The Morgan fingerprint density at radius 3 is 2.64 bits per heavy atom. The van der Waals surface area contributed by atoms with Crippen LogP contribution in [-0.2, 0) is 10.0 Å². The smallest absolute Gasteiger partial charge is 0.247 e. The summed E-state index contributed by atoms with van der Waals surface area (Å²) in [7, 11) is -0.162. The summed E-state index contributed by atoms with van der Waals surface area (Å²) in [6.07, 6.45) is 1.80. The third kappa shape index (κ3) is 3.56. The van der Waals surface area contributed by atoms with Crippen molar-refractivity contribution in [2.75, 3.05) is 27.2 Å². The summed E-state index contributed by atoms with van der Waals surface area (Å²) in [6, 6.07) is 3.66. The van der Waals surface area contributed by atoms with E-state index in [1.54, 1.807) is 10.4 Å². The van der Waals surface area contributed by atoms with Gasteiger partial charge in [-0.25, -0.2) is 8.42 Å². The van der Waals surface area contributed by atoms with Gasteiger partial charge in [0.05, 0.1) is 7.11 Å². The molecule has 1 heterocycles. The normalized spacial score (nSPS) is 19.0. The van der Waals surface area contributed by atoms with Crippen molar-refractivity contribution in [2.24, 2.45) is 0 Å². The van der Waals surface area contributed by atoms with Gasteiger partial charge >= 0.3 is 0 Å². The highest BCUT2D eigenvalue weighted by Gasteiger charge is 2.36. The fourth-order valence-corrected chi connectivity index (χ4v) is 5.07. The van der Waals surface area contributed by atoms with Crippen LogP contribution >= 0.6 is 12.4 Å². The molecule has 1 aliphatic rings. The van der Waals surface area contributed by atoms with Crippen molar-refractivity contribution >= 4 is 22.4 Å². The van der Waals surface area contributed by atoms with Crippen LogP contribution in [0.15, 0.2) is 17.0 Å². The van der Waals surface area contributed by atoms with Gasteiger partial charge in [0.15, 0.2) is 0 Å². The summed E-state index contributed by atoms with van der Waals surface area (Å²) < 4.78 is 33.0. The Hall–Kier alpha value is -0.820. The molecule has 0 spiro atoms. The van der Waals surface area contributed by atoms with Gasteiger partial charge in [-0.05, 0) is 50.9 Å². The zero-order chi connectivity index (χ0) is 15.6. The van der Waals surface area contributed by atoms with E-state index in [1.807, 2.05) is 27.0 Å². The van der Waals surface area contributed by atoms with E-state index >= 15 is 0 Å². The molecular formula is C15H25ClN2O3S. The van der Waals surface area contributed by atoms with Gasteiger partial charge < -0.3 is 10.1 Å². The summed E-state index contributed by atoms with van der Waals surface area (Å²) in [6.45, 7) is 5.03. The number of nitrogens with zero attached hydrogens (tertiary/aromatic N) is 1. The highest BCUT2D eigenvalue weighted by atomic mass is 35.5. The Bertz CT molecular complexity index is 619. The third-order valence-corrected chi connectivity index (χ3v) is 5.90. The Morgan fingerprint density at radius 2 is 2.05 bits per heavy atom. The number of ether oxygens (including phenoxy) is 1. The first-order chi connectivity index (χ1) is 9.91. The maximum atomic E-state index is 13.0. The van der Waals surface area contributed by atoms with Gasteiger partial charge in [0.1, 0.15) is 10.6 Å². The molecule has 7 heteroatoms. The third-order valence-electron chi connectivity index (χ3n) is 3.94. The number of hydrogen-bond acceptors (Lipinski definition) is 4. The van der Waals surface area contributed by atoms with Crippen LogP contribution in [0.3, 0.4) is 0 Å². The molecule has 5 nitrogen and oxygen atoms in total. The molecule has 0 radical (unpaired) electrons. The minimum absolute atomic E-state index is 0. The average molecular weight is 349 g/mol. The second-order valence-electron chi connectivity index (χ2n) is 5.58. The predicted molar refractivity (Wildman–Crippen MR) is 90.6 cm³/mol. The Kier molecular flexibility index (Phi) is 6.67. The SMILES string of the molecule is CNCC1CCCN1S(=O)(=O)c1cc(C)cc(C)c1OC.Cl. The van der Waals surface area contributed by atoms with Crippen molar-refractivity contribution in [3.05, 3.63) is 23.3 Å². The van der Waals surface area contributed by atoms with Crippen molar-refractivity contribution in [1.29, 1.82) is 0 Å². The maximum absolute atomic E-state index is 13.0. The van der Waals surface area contributed by atoms with E-state index in [-0.39, 0.29) is 23.3 Å². The average Bonchev–Trinajstić information content (AvgIpc) is 2.87. The van der Waals surface area contributed by atoms with E-state index in [0.717, 1.165) is 24.0 Å². The predicted octanol–water partition coefficient (Wildman–Crippen LogP) is 2.11. The number of halogens is 1. The lowest BCUT2D eigenvalue weighted by Crippen LogP contribution is -2.40. The molecule has 2 rings (SSSR count). The van der Waals surface area contributed by atoms with E-state index in [2.05, 4.69) is 5.32 Å². The standard InChI is InChI=1S/C15H24N2O3S.ClH/c1-11-8-12(2)15(20-4)14(9-11)21(18,19)17-7-5-6-13(17)10-16-3;/h8-9,13,16H,5-7,10H2,1-4H3;1H. The molecule has 1 fully saturated rings. The van der Waals surface area contributed by atoms with Crippen molar-refractivity contribution < 1.29 is 13.2 Å². The molecule has 126 valence electrons. The molecule has 0 bridgehead atoms. The van der Waals surface area contributed by atoms with Crippen LogP contribution in [-0.4, -0.2) is 46.0 Å². The summed E-state index contributed by atoms with van der Waals surface area (Å²) in [5.41, 5.74) is 1.77. The van der Waals surface area contributed by atoms with Crippen LogP contribution in [0.1, 0.15) is 24.0 Å². The molecule has 1 aromatic rings. The Labute approximate surface area is 139 Å². The van der Waals surface area contributed by atoms with Crippen molar-refractivity contribution in [1.82, 2.24) is 9.62 Å². The van der Waals surface area contributed by atoms with E-state index in [0.29, 0.717) is 18.8 Å². The number of hydrogen-bond donors (Lipinski definition) is 1. The van der Waals surface area contributed by atoms with Gasteiger partial charge in [0.25, 0.3) is 0 Å². The van der Waals surface area contributed by atoms with E-state index < -0.39 is 10.0 Å². The number of likely N-dealkylation sites (N-methyl/N-ethyl adjacent to an activating group) is 1. The molecule has 0 saturated carbocycles. The fraction of sp³-hybridized carbons (Fsp3) is 0.600. The quantitative estimate of drug-likeness (QED) is 0.885. The molecule has 0 aliphatic carbocycles. The summed E-state index contributed by atoms with van der Waals surface area (Å²) >= 11 is 0. The molecule has 0 amide bonds. The first-order valence-electron chi connectivity index (χ1n) is 7.23. The van der Waals surface area contributed by atoms with Crippen molar-refractivity contribution in [3.63, 3.8) is 0 Å². The van der Waals surface area contributed by atoms with Gasteiger partial charge in [0.2, 0.25) is 10.0 Å². The maximum Gasteiger partial charge on any atom is 0.247 e. The Balaban J connectivity index is 0.00000242. The zero-order valence-electron chi connectivity index (χ0n) is 13.5. The summed E-state index contributed by atoms with van der Waals surface area (Å²) in [5, 5.41) is 3.08. The fourth-order valence-electron chi connectivity index (χ4n) is 3.06. The molecule has 0 aromatic heterocycles. The number of aryl methyl sites for hydroxylation is 2. The first kappa shape index (κ1) is 19.2. The number of rotatable bonds is 5. The van der Waals surface area contributed by atoms with Crippen LogP contribution in [0.5, 0.6) is 5.75 Å². The molecular weight excluding hydrogens is 324 g/mol. The lowest BCUT2D eigenvalue weighted by molar-refractivity contribution is 0.369. The molecule has 1 atom stereocenters. The van der Waals surface area contributed by atoms with Crippen LogP contribution in [0.4, 0.5) is 0 Å². The van der Waals surface area contributed by atoms with Crippen LogP contribution in [0, 0.1) is 13.8 Å². The second kappa shape index (κ2) is 7.64. The number of nitrogens with one attached hydrogen (secondary N) is 1. The van der Waals surface area contributed by atoms with Crippen LogP contribution in [0.25, 0.3) is 0 Å². The lowest BCUT2D eigenvalue weighted by Gasteiger charge is -2.25. The van der Waals surface area contributed by atoms with E-state index in [9.17, 15) is 8.42 Å². The number of benzene rings is 1. The van der Waals surface area contributed by atoms with Crippen molar-refractivity contribution in [2.45, 2.75) is 37.6 Å². The highest BCUT2D eigenvalue weighted by molar-refractivity contribution is 7.89. The van der Waals surface area contributed by atoms with Gasteiger partial charge in [0, 0.05) is 19.1 Å². The molecule has 1 aromatic carbocycles. The first-order valence-corrected chi connectivity index (χ1v) is 8.67. The topological polar surface area (TPSA) is 58.6 Å². The van der Waals surface area contributed by atoms with Gasteiger partial charge in [-0.2, -0.15) is 4.31 Å². The molecule has 1 N–H and O–H groups in total. The highest BCUT2D eigenvalue weighted by Crippen LogP contribution is 2.34. The minimum atomic E-state index is -3.53. The van der Waals surface area contributed by atoms with E-state index in [1.165, 1.54) is 7.11 Å². The molecule has 1 aliphatic heterocycles. The van der Waals surface area contributed by atoms with Gasteiger partial charge in [-0.3, -0.25) is 0 Å². The molecule has 22 heavy (non-hydrogen) atoms. The van der Waals surface area contributed by atoms with E-state index in [4.69, 9.17) is 4.74 Å². The Morgan fingerprint density at radius 1 is 1.36 bits per heavy atom. The van der Waals surface area contributed by atoms with Gasteiger partial charge in [-0.1, -0.05) is 6.07 Å². The number of sulfonamides is 1. The largest absolute Gasteiger partial charge is 0.495 e. The molecule has 1 unspecified atom stereocenters. The lowest BCUT2D eigenvalue weighted by atomic mass is 10.1. The minimum Gasteiger partial charge on any atom is -0.495 e. The van der Waals surface area contributed by atoms with Crippen LogP contribution < -0.4 is 10.1 Å². The zero-order valence-corrected chi connectivity index (χ0v) is 15.2. The monoisotopic (exact) mass is 348 g/mol. The second-order valence-corrected chi connectivity index (χ2v) is 7.44. The summed E-state index contributed by atoms with van der Waals surface area (Å²) in [5.74, 6) is 0.454. The number of methoxy groups -OCH3 is 1.